The Kier molecular flexibility index (Phi) is 6.32. The SMILES string of the molecule is O=C(O)C(=Cc1cccs1)SSC(=Cc1cccs1)C(=O)O. The zero-order chi connectivity index (χ0) is 15.9. The average molecular weight is 370 g/mol. The number of carboxylic acid groups (broad SMARTS) is 2. The maximum atomic E-state index is 11.3. The van der Waals surface area contributed by atoms with Crippen LogP contribution in [0.25, 0.3) is 12.2 Å². The number of hydrogen-bond donors (Lipinski definition) is 2. The number of aliphatic carboxylic acids is 2. The van der Waals surface area contributed by atoms with Gasteiger partial charge in [0.05, 0.1) is 0 Å². The topological polar surface area (TPSA) is 74.6 Å². The van der Waals surface area contributed by atoms with Gasteiger partial charge in [0.25, 0.3) is 0 Å². The molecule has 0 bridgehead atoms. The van der Waals surface area contributed by atoms with Crippen LogP contribution < -0.4 is 0 Å². The van der Waals surface area contributed by atoms with Crippen molar-refractivity contribution in [3.8, 4) is 0 Å². The van der Waals surface area contributed by atoms with Gasteiger partial charge in [-0.25, -0.2) is 9.59 Å². The van der Waals surface area contributed by atoms with Crippen molar-refractivity contribution in [1.82, 2.24) is 0 Å². The van der Waals surface area contributed by atoms with Gasteiger partial charge in [-0.2, -0.15) is 0 Å². The number of hydrogen-bond acceptors (Lipinski definition) is 6. The lowest BCUT2D eigenvalue weighted by molar-refractivity contribution is -0.132. The number of rotatable bonds is 7. The predicted molar refractivity (Wildman–Crippen MR) is 95.0 cm³/mol. The lowest BCUT2D eigenvalue weighted by Crippen LogP contribution is -1.98. The third-order valence-electron chi connectivity index (χ3n) is 2.28. The van der Waals surface area contributed by atoms with Crippen molar-refractivity contribution < 1.29 is 19.8 Å². The molecule has 0 saturated carbocycles. The summed E-state index contributed by atoms with van der Waals surface area (Å²) in [6.07, 6.45) is 3.07. The Labute approximate surface area is 142 Å². The smallest absolute Gasteiger partial charge is 0.343 e. The van der Waals surface area contributed by atoms with Crippen molar-refractivity contribution >= 4 is 68.4 Å². The maximum Gasteiger partial charge on any atom is 0.343 e. The average Bonchev–Trinajstić information content (AvgIpc) is 3.14. The summed E-state index contributed by atoms with van der Waals surface area (Å²) in [6.45, 7) is 0. The van der Waals surface area contributed by atoms with Crippen molar-refractivity contribution in [3.05, 3.63) is 54.6 Å². The summed E-state index contributed by atoms with van der Waals surface area (Å²) >= 11 is 2.84. The zero-order valence-corrected chi connectivity index (χ0v) is 14.2. The van der Waals surface area contributed by atoms with E-state index in [1.165, 1.54) is 34.8 Å². The molecule has 0 fully saturated rings. The predicted octanol–water partition coefficient (Wildman–Crippen LogP) is 4.74. The number of thiophene rings is 2. The van der Waals surface area contributed by atoms with Gasteiger partial charge in [0.2, 0.25) is 0 Å². The number of carbonyl (C=O) groups is 2. The van der Waals surface area contributed by atoms with Gasteiger partial charge in [0, 0.05) is 9.75 Å². The van der Waals surface area contributed by atoms with E-state index >= 15 is 0 Å². The molecular weight excluding hydrogens is 360 g/mol. The van der Waals surface area contributed by atoms with E-state index in [-0.39, 0.29) is 9.81 Å². The lowest BCUT2D eigenvalue weighted by Gasteiger charge is -2.02. The van der Waals surface area contributed by atoms with Gasteiger partial charge in [-0.05, 0) is 56.6 Å². The van der Waals surface area contributed by atoms with E-state index in [1.54, 1.807) is 12.1 Å². The molecule has 0 spiro atoms. The highest BCUT2D eigenvalue weighted by atomic mass is 33.1. The molecule has 2 N–H and O–H groups in total. The molecule has 0 aliphatic rings. The monoisotopic (exact) mass is 370 g/mol. The van der Waals surface area contributed by atoms with E-state index in [4.69, 9.17) is 0 Å². The molecule has 8 heteroatoms. The molecule has 0 amide bonds. The van der Waals surface area contributed by atoms with Gasteiger partial charge in [-0.1, -0.05) is 12.1 Å². The van der Waals surface area contributed by atoms with E-state index in [0.717, 1.165) is 31.3 Å². The van der Waals surface area contributed by atoms with E-state index in [9.17, 15) is 19.8 Å². The fraction of sp³-hybridized carbons (Fsp3) is 0. The minimum Gasteiger partial charge on any atom is -0.477 e. The van der Waals surface area contributed by atoms with Gasteiger partial charge in [0.1, 0.15) is 9.81 Å². The summed E-state index contributed by atoms with van der Waals surface area (Å²) in [5.74, 6) is -2.15. The molecule has 2 rings (SSSR count). The van der Waals surface area contributed by atoms with Crippen LogP contribution in [0.4, 0.5) is 0 Å². The van der Waals surface area contributed by atoms with Crippen LogP contribution in [-0.2, 0) is 9.59 Å². The van der Waals surface area contributed by atoms with Crippen molar-refractivity contribution in [2.45, 2.75) is 0 Å². The fourth-order valence-corrected chi connectivity index (χ4v) is 4.73. The second-order valence-corrected chi connectivity index (χ2v) is 8.00. The highest BCUT2D eigenvalue weighted by Crippen LogP contribution is 2.39. The lowest BCUT2D eigenvalue weighted by atomic mass is 10.4. The molecule has 4 nitrogen and oxygen atoms in total. The second kappa shape index (κ2) is 8.23. The maximum absolute atomic E-state index is 11.3. The zero-order valence-electron chi connectivity index (χ0n) is 11.0. The molecule has 0 unspecified atom stereocenters. The Hall–Kier alpha value is -1.48. The van der Waals surface area contributed by atoms with Gasteiger partial charge in [-0.3, -0.25) is 0 Å². The molecule has 0 aliphatic heterocycles. The van der Waals surface area contributed by atoms with Crippen LogP contribution in [0.3, 0.4) is 0 Å². The molecule has 0 atom stereocenters. The Bertz CT molecular complexity index is 637. The molecule has 0 radical (unpaired) electrons. The first-order chi connectivity index (χ1) is 10.6. The van der Waals surface area contributed by atoms with Crippen LogP contribution in [-0.4, -0.2) is 22.2 Å². The highest BCUT2D eigenvalue weighted by molar-refractivity contribution is 8.80. The third kappa shape index (κ3) is 5.06. The second-order valence-electron chi connectivity index (χ2n) is 3.82. The highest BCUT2D eigenvalue weighted by Gasteiger charge is 2.15. The molecule has 0 saturated heterocycles. The van der Waals surface area contributed by atoms with Crippen LogP contribution in [0, 0.1) is 0 Å². The summed E-state index contributed by atoms with van der Waals surface area (Å²) in [6, 6.07) is 7.26. The molecule has 2 heterocycles. The Morgan fingerprint density at radius 1 is 0.864 bits per heavy atom. The van der Waals surface area contributed by atoms with Crippen LogP contribution in [0.1, 0.15) is 9.75 Å². The minimum absolute atomic E-state index is 0.0887. The quantitative estimate of drug-likeness (QED) is 0.541. The van der Waals surface area contributed by atoms with Crippen LogP contribution in [0.5, 0.6) is 0 Å². The third-order valence-corrected chi connectivity index (χ3v) is 6.27. The van der Waals surface area contributed by atoms with Crippen molar-refractivity contribution in [2.75, 3.05) is 0 Å². The van der Waals surface area contributed by atoms with Gasteiger partial charge in [0.15, 0.2) is 0 Å². The van der Waals surface area contributed by atoms with Crippen molar-refractivity contribution in [3.63, 3.8) is 0 Å². The summed E-state index contributed by atoms with van der Waals surface area (Å²) in [5, 5.41) is 22.1. The molecule has 2 aromatic rings. The van der Waals surface area contributed by atoms with Crippen molar-refractivity contribution in [2.24, 2.45) is 0 Å². The molecule has 0 aliphatic carbocycles. The first-order valence-corrected chi connectivity index (χ1v) is 9.78. The minimum atomic E-state index is -1.08. The normalized spacial score (nSPS) is 12.4. The molecule has 22 heavy (non-hydrogen) atoms. The van der Waals surface area contributed by atoms with Gasteiger partial charge >= 0.3 is 11.9 Å². The molecule has 2 aromatic heterocycles. The van der Waals surface area contributed by atoms with E-state index in [1.807, 2.05) is 22.9 Å². The van der Waals surface area contributed by atoms with E-state index in [0.29, 0.717) is 0 Å². The molecular formula is C14H10O4S4. The summed E-state index contributed by atoms with van der Waals surface area (Å²) < 4.78 is 0. The van der Waals surface area contributed by atoms with Crippen molar-refractivity contribution in [1.29, 1.82) is 0 Å². The first-order valence-electron chi connectivity index (χ1n) is 5.88. The van der Waals surface area contributed by atoms with E-state index in [2.05, 4.69) is 0 Å². The Balaban J connectivity index is 2.13. The van der Waals surface area contributed by atoms with Crippen LogP contribution in [0.2, 0.25) is 0 Å². The molecule has 114 valence electrons. The summed E-state index contributed by atoms with van der Waals surface area (Å²) in [5.41, 5.74) is 0. The molecule has 0 aromatic carbocycles. The van der Waals surface area contributed by atoms with Crippen LogP contribution >= 0.6 is 44.3 Å². The standard InChI is InChI=1S/C14H10O4S4/c15-13(16)11(7-9-3-1-5-19-9)21-22-12(14(17)18)8-10-4-2-6-20-10/h1-8H,(H,15,16)(H,17,18). The fourth-order valence-electron chi connectivity index (χ4n) is 1.34. The Morgan fingerprint density at radius 3 is 1.55 bits per heavy atom. The van der Waals surface area contributed by atoms with Gasteiger partial charge < -0.3 is 10.2 Å². The first kappa shape index (κ1) is 16.9. The van der Waals surface area contributed by atoms with Crippen LogP contribution in [0.15, 0.2) is 44.8 Å². The summed E-state index contributed by atoms with van der Waals surface area (Å²) in [4.78, 5) is 24.3. The largest absolute Gasteiger partial charge is 0.477 e. The van der Waals surface area contributed by atoms with Gasteiger partial charge in [-0.15, -0.1) is 22.7 Å². The number of carboxylic acids is 2. The Morgan fingerprint density at radius 2 is 1.27 bits per heavy atom. The summed E-state index contributed by atoms with van der Waals surface area (Å²) in [7, 11) is 1.85. The van der Waals surface area contributed by atoms with E-state index < -0.39 is 11.9 Å².